The minimum atomic E-state index is -4.42. The fraction of sp³-hybridized carbons (Fsp3) is 0.429. The lowest BCUT2D eigenvalue weighted by atomic mass is 10.4. The van der Waals surface area contributed by atoms with E-state index >= 15 is 0 Å². The summed E-state index contributed by atoms with van der Waals surface area (Å²) in [7, 11) is -4.42. The lowest BCUT2D eigenvalue weighted by molar-refractivity contribution is -0.147. The van der Waals surface area contributed by atoms with E-state index in [1.54, 1.807) is 5.32 Å². The first kappa shape index (κ1) is 16.0. The molecule has 1 saturated heterocycles. The summed E-state index contributed by atoms with van der Waals surface area (Å²) in [5.74, 6) is -4.27. The number of amides is 2. The Kier molecular flexibility index (Phi) is 5.39. The van der Waals surface area contributed by atoms with Gasteiger partial charge in [-0.3, -0.25) is 29.0 Å². The lowest BCUT2D eigenvalue weighted by Gasteiger charge is -1.98. The first-order chi connectivity index (χ1) is 8.04. The van der Waals surface area contributed by atoms with E-state index in [-0.39, 0.29) is 0 Å². The van der Waals surface area contributed by atoms with Crippen molar-refractivity contribution in [2.45, 2.75) is 18.1 Å². The summed E-state index contributed by atoms with van der Waals surface area (Å²) in [4.78, 5) is 39.8. The fourth-order valence-corrected chi connectivity index (χ4v) is 1.59. The first-order valence-electron chi connectivity index (χ1n) is 4.27. The van der Waals surface area contributed by atoms with Crippen molar-refractivity contribution >= 4 is 33.9 Å². The highest BCUT2D eigenvalue weighted by Gasteiger charge is 2.39. The second-order valence-corrected chi connectivity index (χ2v) is 4.68. The number of hydrogen-bond donors (Lipinski definition) is 4. The van der Waals surface area contributed by atoms with Crippen molar-refractivity contribution in [3.8, 4) is 0 Å². The summed E-state index contributed by atoms with van der Waals surface area (Å²) in [6, 6.07) is 0. The highest BCUT2D eigenvalue weighted by molar-refractivity contribution is 7.87. The summed E-state index contributed by atoms with van der Waals surface area (Å²) in [6.07, 6.45) is -1.29. The third-order valence-electron chi connectivity index (χ3n) is 1.59. The second kappa shape index (κ2) is 6.07. The maximum atomic E-state index is 10.6. The van der Waals surface area contributed by atoms with Gasteiger partial charge in [0.2, 0.25) is 11.8 Å². The smallest absolute Gasteiger partial charge is 0.314 e. The molecule has 0 aromatic heterocycles. The summed E-state index contributed by atoms with van der Waals surface area (Å²) in [5, 5.41) is 15.5. The van der Waals surface area contributed by atoms with Crippen LogP contribution in [0.15, 0.2) is 0 Å². The monoisotopic (exact) mass is 283 g/mol. The van der Waals surface area contributed by atoms with Gasteiger partial charge in [-0.1, -0.05) is 0 Å². The molecule has 1 aliphatic rings. The summed E-state index contributed by atoms with van der Waals surface area (Å²) in [6.45, 7) is 0. The Balaban J connectivity index is 0.000000360. The lowest BCUT2D eigenvalue weighted by Crippen LogP contribution is -2.30. The zero-order valence-corrected chi connectivity index (χ0v) is 9.51. The average Bonchev–Trinajstić information content (AvgIpc) is 2.42. The van der Waals surface area contributed by atoms with Crippen LogP contribution in [0, 0.1) is 0 Å². The van der Waals surface area contributed by atoms with Crippen LogP contribution in [0.5, 0.6) is 0 Å². The van der Waals surface area contributed by atoms with E-state index in [9.17, 15) is 27.6 Å². The minimum Gasteiger partial charge on any atom is -0.481 e. The van der Waals surface area contributed by atoms with Crippen LogP contribution >= 0.6 is 0 Å². The van der Waals surface area contributed by atoms with Gasteiger partial charge in [0.05, 0.1) is 6.42 Å². The van der Waals surface area contributed by atoms with Gasteiger partial charge in [-0.05, 0) is 0 Å². The van der Waals surface area contributed by atoms with Crippen LogP contribution in [0.3, 0.4) is 0 Å². The molecule has 4 N–H and O–H groups in total. The van der Waals surface area contributed by atoms with Gasteiger partial charge in [0.1, 0.15) is 6.42 Å². The molecule has 0 spiro atoms. The van der Waals surface area contributed by atoms with Crippen molar-refractivity contribution in [1.29, 1.82) is 0 Å². The van der Waals surface area contributed by atoms with Crippen molar-refractivity contribution in [2.75, 3.05) is 0 Å². The molecule has 18 heavy (non-hydrogen) atoms. The molecule has 0 radical (unpaired) electrons. The minimum absolute atomic E-state index is 0.488. The van der Waals surface area contributed by atoms with Crippen LogP contribution in [0.2, 0.25) is 0 Å². The van der Waals surface area contributed by atoms with Gasteiger partial charge in [-0.25, -0.2) is 0 Å². The van der Waals surface area contributed by atoms with Gasteiger partial charge >= 0.3 is 11.9 Å². The molecule has 1 rings (SSSR count). The Labute approximate surface area is 100 Å². The number of carbonyl (C=O) groups excluding carboxylic acids is 2. The maximum Gasteiger partial charge on any atom is 0.314 e. The number of carboxylic acids is 2. The predicted octanol–water partition coefficient (Wildman–Crippen LogP) is -2.16. The summed E-state index contributed by atoms with van der Waals surface area (Å²) < 4.78 is 29.0. The Morgan fingerprint density at radius 2 is 1.67 bits per heavy atom. The van der Waals surface area contributed by atoms with E-state index in [1.165, 1.54) is 0 Å². The van der Waals surface area contributed by atoms with Crippen molar-refractivity contribution in [3.63, 3.8) is 0 Å². The summed E-state index contributed by atoms with van der Waals surface area (Å²) >= 11 is 0. The predicted molar refractivity (Wildman–Crippen MR) is 53.0 cm³/mol. The van der Waals surface area contributed by atoms with Gasteiger partial charge < -0.3 is 10.2 Å². The first-order valence-corrected chi connectivity index (χ1v) is 5.78. The Morgan fingerprint density at radius 1 is 1.22 bits per heavy atom. The van der Waals surface area contributed by atoms with Crippen molar-refractivity contribution < 1.29 is 42.4 Å². The van der Waals surface area contributed by atoms with E-state index in [4.69, 9.17) is 14.8 Å². The van der Waals surface area contributed by atoms with Gasteiger partial charge in [-0.15, -0.1) is 0 Å². The molecular weight excluding hydrogens is 274 g/mol. The molecule has 10 nitrogen and oxygen atoms in total. The standard InChI is InChI=1S/C4H5NO5S.C3H4O4/c6-3-1-2(4(7)5-3)11(8,9)10;4-2(5)1-3(6)7/h2H,1H2,(H,5,6,7)(H,8,9,10);1H2,(H,4,5)(H,6,7). The molecule has 1 heterocycles. The van der Waals surface area contributed by atoms with Crippen LogP contribution in [-0.4, -0.2) is 52.2 Å². The number of aliphatic carboxylic acids is 2. The fourth-order valence-electron chi connectivity index (χ4n) is 0.900. The molecule has 0 aromatic rings. The third kappa shape index (κ3) is 5.91. The van der Waals surface area contributed by atoms with Crippen molar-refractivity contribution in [3.05, 3.63) is 0 Å². The van der Waals surface area contributed by atoms with Crippen LogP contribution < -0.4 is 5.32 Å². The van der Waals surface area contributed by atoms with E-state index in [1.807, 2.05) is 0 Å². The number of carbonyl (C=O) groups is 4. The SMILES string of the molecule is O=C(O)CC(=O)O.O=C1CC(S(=O)(=O)O)C(=O)N1. The number of imide groups is 1. The highest BCUT2D eigenvalue weighted by Crippen LogP contribution is 2.09. The van der Waals surface area contributed by atoms with Gasteiger partial charge in [0.15, 0.2) is 5.25 Å². The summed E-state index contributed by atoms with van der Waals surface area (Å²) in [5.41, 5.74) is 0. The van der Waals surface area contributed by atoms with Crippen LogP contribution in [0.4, 0.5) is 0 Å². The van der Waals surface area contributed by atoms with Crippen LogP contribution in [0.1, 0.15) is 12.8 Å². The van der Waals surface area contributed by atoms with Crippen LogP contribution in [-0.2, 0) is 29.3 Å². The molecular formula is C7H9NO9S. The normalized spacial score (nSPS) is 18.6. The maximum absolute atomic E-state index is 10.6. The Bertz CT molecular complexity index is 467. The molecule has 1 aliphatic heterocycles. The van der Waals surface area contributed by atoms with Gasteiger partial charge in [-0.2, -0.15) is 8.42 Å². The molecule has 1 fully saturated rings. The van der Waals surface area contributed by atoms with Crippen molar-refractivity contribution in [2.24, 2.45) is 0 Å². The van der Waals surface area contributed by atoms with E-state index < -0.39 is 52.0 Å². The van der Waals surface area contributed by atoms with Gasteiger partial charge in [0, 0.05) is 0 Å². The Morgan fingerprint density at radius 3 is 1.78 bits per heavy atom. The number of hydrogen-bond acceptors (Lipinski definition) is 6. The van der Waals surface area contributed by atoms with E-state index in [0.717, 1.165) is 0 Å². The Hall–Kier alpha value is -2.01. The molecule has 0 aliphatic carbocycles. The third-order valence-corrected chi connectivity index (χ3v) is 2.69. The molecule has 1 unspecified atom stereocenters. The van der Waals surface area contributed by atoms with E-state index in [0.29, 0.717) is 0 Å². The molecule has 1 atom stereocenters. The zero-order chi connectivity index (χ0) is 14.5. The van der Waals surface area contributed by atoms with Crippen molar-refractivity contribution in [1.82, 2.24) is 5.32 Å². The van der Waals surface area contributed by atoms with E-state index in [2.05, 4.69) is 0 Å². The molecule has 0 aromatic carbocycles. The zero-order valence-electron chi connectivity index (χ0n) is 8.69. The molecule has 2 amide bonds. The quantitative estimate of drug-likeness (QED) is 0.255. The number of nitrogens with one attached hydrogen (secondary N) is 1. The number of carboxylic acid groups (broad SMARTS) is 2. The molecule has 11 heteroatoms. The molecule has 0 bridgehead atoms. The number of rotatable bonds is 3. The second-order valence-electron chi connectivity index (χ2n) is 3.08. The molecule has 0 saturated carbocycles. The van der Waals surface area contributed by atoms with Crippen LogP contribution in [0.25, 0.3) is 0 Å². The largest absolute Gasteiger partial charge is 0.481 e. The average molecular weight is 283 g/mol. The van der Waals surface area contributed by atoms with Gasteiger partial charge in [0.25, 0.3) is 10.1 Å². The highest BCUT2D eigenvalue weighted by atomic mass is 32.2. The topological polar surface area (TPSA) is 175 Å². The molecule has 102 valence electrons.